The summed E-state index contributed by atoms with van der Waals surface area (Å²) in [5.41, 5.74) is 0.123. The molecule has 28 heavy (non-hydrogen) atoms. The Morgan fingerprint density at radius 1 is 1.29 bits per heavy atom. The normalized spacial score (nSPS) is 20.7. The van der Waals surface area contributed by atoms with Gasteiger partial charge in [0.25, 0.3) is 5.91 Å². The quantitative estimate of drug-likeness (QED) is 0.546. The number of nitrogens with zero attached hydrogens (tertiary/aromatic N) is 4. The molecule has 1 amide bonds. The fourth-order valence-corrected chi connectivity index (χ4v) is 4.61. The van der Waals surface area contributed by atoms with Gasteiger partial charge in [-0.3, -0.25) is 4.79 Å². The van der Waals surface area contributed by atoms with Gasteiger partial charge in [-0.05, 0) is 62.2 Å². The average molecular weight is 425 g/mol. The van der Waals surface area contributed by atoms with E-state index in [1.165, 1.54) is 23.5 Å². The van der Waals surface area contributed by atoms with Gasteiger partial charge in [0, 0.05) is 18.2 Å². The summed E-state index contributed by atoms with van der Waals surface area (Å²) in [6, 6.07) is 6.43. The first-order valence-corrected chi connectivity index (χ1v) is 10.4. The molecule has 148 valence electrons. The van der Waals surface area contributed by atoms with Gasteiger partial charge in [-0.2, -0.15) is 13.9 Å². The number of alkyl halides is 3. The number of fused-ring (bicyclic) bond motifs is 1. The lowest BCUT2D eigenvalue weighted by Gasteiger charge is -2.38. The van der Waals surface area contributed by atoms with E-state index in [0.29, 0.717) is 5.69 Å². The van der Waals surface area contributed by atoms with Crippen LogP contribution in [0.15, 0.2) is 29.6 Å². The third-order valence-electron chi connectivity index (χ3n) is 5.14. The van der Waals surface area contributed by atoms with Crippen molar-refractivity contribution < 1.29 is 13.6 Å². The Balaban J connectivity index is 1.83. The zero-order valence-corrected chi connectivity index (χ0v) is 17.0. The van der Waals surface area contributed by atoms with Crippen LogP contribution in [0, 0.1) is 0 Å². The lowest BCUT2D eigenvalue weighted by molar-refractivity contribution is 0.0502. The standard InChI is InChI=1S/C19H19ClF2N4OS/c1-11-5-3-6-12(2)25(11)18(27)14-10-17-23-13(15-7-4-8-28-15)9-16(19(20,21)22)26(17)24-14/h4,7-12H,3,5-6H2,1-2H3/t11-,12-/m1/s1. The number of likely N-dealkylation sites (tertiary alicyclic amines) is 1. The fourth-order valence-electron chi connectivity index (χ4n) is 3.79. The second-order valence-corrected chi connectivity index (χ2v) is 8.57. The summed E-state index contributed by atoms with van der Waals surface area (Å²) in [5.74, 6) is -0.272. The van der Waals surface area contributed by atoms with Gasteiger partial charge >= 0.3 is 5.38 Å². The molecule has 0 bridgehead atoms. The van der Waals surface area contributed by atoms with Crippen molar-refractivity contribution in [3.63, 3.8) is 0 Å². The molecule has 3 aromatic rings. The van der Waals surface area contributed by atoms with E-state index in [1.807, 2.05) is 25.3 Å². The Kier molecular flexibility index (Phi) is 4.87. The fraction of sp³-hybridized carbons (Fsp3) is 0.421. The number of halogens is 3. The van der Waals surface area contributed by atoms with Crippen LogP contribution in [-0.4, -0.2) is 37.5 Å². The molecule has 4 heterocycles. The van der Waals surface area contributed by atoms with Crippen LogP contribution in [0.5, 0.6) is 0 Å². The number of amides is 1. The number of hydrogen-bond donors (Lipinski definition) is 0. The Morgan fingerprint density at radius 2 is 2.00 bits per heavy atom. The number of carbonyl (C=O) groups excluding carboxylic acids is 1. The summed E-state index contributed by atoms with van der Waals surface area (Å²) >= 11 is 6.73. The highest BCUT2D eigenvalue weighted by molar-refractivity contribution is 7.13. The molecule has 3 aromatic heterocycles. The van der Waals surface area contributed by atoms with E-state index in [0.717, 1.165) is 28.7 Å². The Bertz CT molecular complexity index is 1010. The minimum absolute atomic E-state index is 0.0737. The van der Waals surface area contributed by atoms with Crippen molar-refractivity contribution in [1.29, 1.82) is 0 Å². The zero-order valence-electron chi connectivity index (χ0n) is 15.4. The van der Waals surface area contributed by atoms with Crippen LogP contribution < -0.4 is 0 Å². The molecule has 1 fully saturated rings. The van der Waals surface area contributed by atoms with Gasteiger partial charge in [0.15, 0.2) is 11.3 Å². The maximum atomic E-state index is 14.1. The molecule has 0 saturated carbocycles. The smallest absolute Gasteiger partial charge is 0.332 e. The van der Waals surface area contributed by atoms with Crippen molar-refractivity contribution in [1.82, 2.24) is 19.5 Å². The molecule has 5 nitrogen and oxygen atoms in total. The van der Waals surface area contributed by atoms with Gasteiger partial charge in [-0.1, -0.05) is 6.07 Å². The van der Waals surface area contributed by atoms with Crippen molar-refractivity contribution in [2.75, 3.05) is 0 Å². The Labute approximate surface area is 169 Å². The van der Waals surface area contributed by atoms with Crippen molar-refractivity contribution in [2.24, 2.45) is 0 Å². The Hall–Kier alpha value is -2.06. The maximum Gasteiger partial charge on any atom is 0.364 e. The van der Waals surface area contributed by atoms with E-state index in [9.17, 15) is 13.6 Å². The Morgan fingerprint density at radius 3 is 2.61 bits per heavy atom. The van der Waals surface area contributed by atoms with Crippen LogP contribution in [-0.2, 0) is 5.38 Å². The van der Waals surface area contributed by atoms with Crippen LogP contribution in [0.2, 0.25) is 0 Å². The molecule has 1 aliphatic heterocycles. The summed E-state index contributed by atoms with van der Waals surface area (Å²) in [6.45, 7) is 3.99. The van der Waals surface area contributed by atoms with Gasteiger partial charge in [-0.15, -0.1) is 11.3 Å². The minimum Gasteiger partial charge on any atom is -0.332 e. The van der Waals surface area contributed by atoms with Gasteiger partial charge < -0.3 is 4.90 Å². The van der Waals surface area contributed by atoms with Gasteiger partial charge in [0.05, 0.1) is 10.6 Å². The largest absolute Gasteiger partial charge is 0.364 e. The first-order chi connectivity index (χ1) is 13.3. The summed E-state index contributed by atoms with van der Waals surface area (Å²) in [6.07, 6.45) is 2.89. The highest BCUT2D eigenvalue weighted by Gasteiger charge is 2.35. The highest BCUT2D eigenvalue weighted by atomic mass is 35.5. The number of aromatic nitrogens is 3. The molecule has 1 aliphatic rings. The van der Waals surface area contributed by atoms with Crippen LogP contribution in [0.25, 0.3) is 16.2 Å². The number of thiophene rings is 1. The molecule has 0 aliphatic carbocycles. The summed E-state index contributed by atoms with van der Waals surface area (Å²) < 4.78 is 29.1. The molecule has 2 atom stereocenters. The molecule has 9 heteroatoms. The first kappa shape index (κ1) is 19.3. The topological polar surface area (TPSA) is 50.5 Å². The van der Waals surface area contributed by atoms with Gasteiger partial charge in [0.1, 0.15) is 5.69 Å². The SMILES string of the molecule is C[C@@H]1CCC[C@@H](C)N1C(=O)c1cc2nc(-c3cccs3)cc(C(F)(F)Cl)n2n1. The second-order valence-electron chi connectivity index (χ2n) is 7.14. The van der Waals surface area contributed by atoms with Crippen molar-refractivity contribution in [3.8, 4) is 10.6 Å². The summed E-state index contributed by atoms with van der Waals surface area (Å²) in [5, 5.41) is 2.34. The minimum atomic E-state index is -3.65. The molecule has 0 radical (unpaired) electrons. The van der Waals surface area contributed by atoms with Crippen LogP contribution in [0.4, 0.5) is 8.78 Å². The maximum absolute atomic E-state index is 14.1. The van der Waals surface area contributed by atoms with E-state index in [1.54, 1.807) is 11.0 Å². The third kappa shape index (κ3) is 3.39. The van der Waals surface area contributed by atoms with E-state index in [-0.39, 0.29) is 29.3 Å². The van der Waals surface area contributed by atoms with E-state index < -0.39 is 11.1 Å². The van der Waals surface area contributed by atoms with E-state index >= 15 is 0 Å². The summed E-state index contributed by atoms with van der Waals surface area (Å²) in [7, 11) is 0. The van der Waals surface area contributed by atoms with E-state index in [4.69, 9.17) is 11.6 Å². The second kappa shape index (κ2) is 7.08. The van der Waals surface area contributed by atoms with Crippen LogP contribution >= 0.6 is 22.9 Å². The number of piperidine rings is 1. The molecule has 0 unspecified atom stereocenters. The molecule has 0 spiro atoms. The molecule has 0 N–H and O–H groups in total. The first-order valence-electron chi connectivity index (χ1n) is 9.10. The molecule has 1 saturated heterocycles. The number of hydrogen-bond acceptors (Lipinski definition) is 4. The van der Waals surface area contributed by atoms with Crippen LogP contribution in [0.1, 0.15) is 49.3 Å². The third-order valence-corrected chi connectivity index (χ3v) is 6.22. The predicted octanol–water partition coefficient (Wildman–Crippen LogP) is 5.15. The predicted molar refractivity (Wildman–Crippen MR) is 105 cm³/mol. The average Bonchev–Trinajstić information content (AvgIpc) is 3.29. The van der Waals surface area contributed by atoms with E-state index in [2.05, 4.69) is 10.1 Å². The van der Waals surface area contributed by atoms with Crippen LogP contribution in [0.3, 0.4) is 0 Å². The van der Waals surface area contributed by atoms with Gasteiger partial charge in [0.2, 0.25) is 0 Å². The monoisotopic (exact) mass is 424 g/mol. The van der Waals surface area contributed by atoms with Crippen molar-refractivity contribution >= 4 is 34.5 Å². The molecular formula is C19H19ClF2N4OS. The van der Waals surface area contributed by atoms with Gasteiger partial charge in [-0.25, -0.2) is 9.50 Å². The zero-order chi connectivity index (χ0) is 20.1. The lowest BCUT2D eigenvalue weighted by Crippen LogP contribution is -2.47. The highest BCUT2D eigenvalue weighted by Crippen LogP contribution is 2.35. The van der Waals surface area contributed by atoms with Crippen molar-refractivity contribution in [3.05, 3.63) is 41.0 Å². The number of rotatable bonds is 3. The molecular weight excluding hydrogens is 406 g/mol. The summed E-state index contributed by atoms with van der Waals surface area (Å²) in [4.78, 5) is 20.0. The number of carbonyl (C=O) groups is 1. The van der Waals surface area contributed by atoms with Crippen molar-refractivity contribution in [2.45, 2.75) is 50.6 Å². The lowest BCUT2D eigenvalue weighted by atomic mass is 9.97. The molecule has 0 aromatic carbocycles. The molecule has 4 rings (SSSR count).